The van der Waals surface area contributed by atoms with Gasteiger partial charge in [0.1, 0.15) is 0 Å². The molecule has 1 rings (SSSR count). The van der Waals surface area contributed by atoms with Gasteiger partial charge in [0, 0.05) is 0 Å². The molecule has 0 bridgehead atoms. The van der Waals surface area contributed by atoms with Crippen LogP contribution >= 0.6 is 0 Å². The first-order chi connectivity index (χ1) is 5.43. The third-order valence-corrected chi connectivity index (χ3v) is 3.37. The van der Waals surface area contributed by atoms with Crippen molar-refractivity contribution >= 4 is 0 Å². The molecule has 12 heavy (non-hydrogen) atoms. The van der Waals surface area contributed by atoms with Gasteiger partial charge in [-0.3, -0.25) is 0 Å². The van der Waals surface area contributed by atoms with Crippen LogP contribution < -0.4 is 0 Å². The van der Waals surface area contributed by atoms with E-state index in [1.807, 2.05) is 0 Å². The lowest BCUT2D eigenvalue weighted by molar-refractivity contribution is 0.000275. The van der Waals surface area contributed by atoms with Gasteiger partial charge in [0.2, 0.25) is 0 Å². The van der Waals surface area contributed by atoms with Crippen LogP contribution in [0.25, 0.3) is 0 Å². The Bertz CT molecular complexity index is 146. The number of rotatable bonds is 0. The minimum atomic E-state index is -0.0528. The van der Waals surface area contributed by atoms with Crippen molar-refractivity contribution in [2.75, 3.05) is 0 Å². The molecule has 0 heterocycles. The summed E-state index contributed by atoms with van der Waals surface area (Å²) in [5.74, 6) is 1.18. The van der Waals surface area contributed by atoms with Gasteiger partial charge < -0.3 is 5.11 Å². The van der Waals surface area contributed by atoms with E-state index in [0.717, 1.165) is 6.42 Å². The minimum absolute atomic E-state index is 0.0528. The van der Waals surface area contributed by atoms with Crippen molar-refractivity contribution in [3.63, 3.8) is 0 Å². The van der Waals surface area contributed by atoms with Crippen LogP contribution in [0.4, 0.5) is 0 Å². The normalized spacial score (nSPS) is 38.2. The molecular formula is C11H22O. The Kier molecular flexibility index (Phi) is 2.82. The molecule has 0 spiro atoms. The third-order valence-electron chi connectivity index (χ3n) is 3.37. The smallest absolute Gasteiger partial charge is 0.0568 e. The van der Waals surface area contributed by atoms with Gasteiger partial charge in [-0.25, -0.2) is 0 Å². The van der Waals surface area contributed by atoms with E-state index in [2.05, 4.69) is 27.7 Å². The van der Waals surface area contributed by atoms with Gasteiger partial charge in [0.15, 0.2) is 0 Å². The first kappa shape index (κ1) is 10.0. The standard InChI is InChI=1S/C11H22O/c1-8-9(11(2,3)4)6-5-7-10(8)12/h8-10,12H,5-7H2,1-4H3. The summed E-state index contributed by atoms with van der Waals surface area (Å²) in [6.45, 7) is 9.05. The highest BCUT2D eigenvalue weighted by molar-refractivity contribution is 4.85. The predicted molar refractivity (Wildman–Crippen MR) is 52.0 cm³/mol. The van der Waals surface area contributed by atoms with Gasteiger partial charge in [-0.2, -0.15) is 0 Å². The lowest BCUT2D eigenvalue weighted by Gasteiger charge is -2.41. The summed E-state index contributed by atoms with van der Waals surface area (Å²) in [6, 6.07) is 0. The van der Waals surface area contributed by atoms with Crippen molar-refractivity contribution in [2.24, 2.45) is 17.3 Å². The van der Waals surface area contributed by atoms with Crippen LogP contribution in [0.3, 0.4) is 0 Å². The van der Waals surface area contributed by atoms with E-state index in [1.165, 1.54) is 12.8 Å². The van der Waals surface area contributed by atoms with Crippen LogP contribution in [0.2, 0.25) is 0 Å². The summed E-state index contributed by atoms with van der Waals surface area (Å²) in [7, 11) is 0. The predicted octanol–water partition coefficient (Wildman–Crippen LogP) is 2.83. The molecule has 0 amide bonds. The molecule has 1 saturated carbocycles. The van der Waals surface area contributed by atoms with Crippen LogP contribution in [-0.4, -0.2) is 11.2 Å². The quantitative estimate of drug-likeness (QED) is 0.592. The Balaban J connectivity index is 2.64. The zero-order valence-electron chi connectivity index (χ0n) is 8.80. The maximum Gasteiger partial charge on any atom is 0.0568 e. The lowest BCUT2D eigenvalue weighted by Crippen LogP contribution is -2.37. The van der Waals surface area contributed by atoms with Crippen LogP contribution in [0.5, 0.6) is 0 Å². The zero-order valence-corrected chi connectivity index (χ0v) is 8.80. The Morgan fingerprint density at radius 2 is 1.75 bits per heavy atom. The van der Waals surface area contributed by atoms with Gasteiger partial charge >= 0.3 is 0 Å². The van der Waals surface area contributed by atoms with Crippen molar-refractivity contribution < 1.29 is 5.11 Å². The summed E-state index contributed by atoms with van der Waals surface area (Å²) < 4.78 is 0. The molecule has 3 unspecified atom stereocenters. The molecule has 1 aliphatic rings. The van der Waals surface area contributed by atoms with Crippen molar-refractivity contribution in [1.82, 2.24) is 0 Å². The first-order valence-corrected chi connectivity index (χ1v) is 5.11. The first-order valence-electron chi connectivity index (χ1n) is 5.11. The van der Waals surface area contributed by atoms with E-state index in [0.29, 0.717) is 17.3 Å². The van der Waals surface area contributed by atoms with Crippen molar-refractivity contribution in [3.8, 4) is 0 Å². The van der Waals surface area contributed by atoms with Gasteiger partial charge in [-0.1, -0.05) is 34.1 Å². The number of aliphatic hydroxyl groups is 1. The maximum absolute atomic E-state index is 9.71. The van der Waals surface area contributed by atoms with E-state index >= 15 is 0 Å². The monoisotopic (exact) mass is 170 g/mol. The van der Waals surface area contributed by atoms with Gasteiger partial charge in [0.05, 0.1) is 6.10 Å². The fourth-order valence-electron chi connectivity index (χ4n) is 2.56. The largest absolute Gasteiger partial charge is 0.393 e. The molecule has 1 N–H and O–H groups in total. The molecule has 0 saturated heterocycles. The summed E-state index contributed by atoms with van der Waals surface area (Å²) in [5.41, 5.74) is 0.362. The van der Waals surface area contributed by atoms with Crippen LogP contribution in [0.15, 0.2) is 0 Å². The third kappa shape index (κ3) is 2.01. The van der Waals surface area contributed by atoms with Crippen molar-refractivity contribution in [1.29, 1.82) is 0 Å². The second-order valence-electron chi connectivity index (χ2n) is 5.33. The zero-order chi connectivity index (χ0) is 9.35. The van der Waals surface area contributed by atoms with Crippen LogP contribution in [0, 0.1) is 17.3 Å². The Morgan fingerprint density at radius 3 is 2.17 bits per heavy atom. The van der Waals surface area contributed by atoms with Crippen molar-refractivity contribution in [3.05, 3.63) is 0 Å². The molecule has 1 heteroatoms. The number of hydrogen-bond donors (Lipinski definition) is 1. The summed E-state index contributed by atoms with van der Waals surface area (Å²) in [4.78, 5) is 0. The molecule has 1 fully saturated rings. The van der Waals surface area contributed by atoms with E-state index < -0.39 is 0 Å². The SMILES string of the molecule is CC1C(O)CCCC1C(C)(C)C. The maximum atomic E-state index is 9.71. The molecule has 0 aromatic heterocycles. The average molecular weight is 170 g/mol. The summed E-state index contributed by atoms with van der Waals surface area (Å²) in [6.07, 6.45) is 3.45. The van der Waals surface area contributed by atoms with Crippen LogP contribution in [0.1, 0.15) is 47.0 Å². The summed E-state index contributed by atoms with van der Waals surface area (Å²) in [5, 5.41) is 9.71. The number of aliphatic hydroxyl groups excluding tert-OH is 1. The molecule has 72 valence electrons. The van der Waals surface area contributed by atoms with E-state index in [9.17, 15) is 5.11 Å². The molecule has 3 atom stereocenters. The van der Waals surface area contributed by atoms with Gasteiger partial charge in [0.25, 0.3) is 0 Å². The van der Waals surface area contributed by atoms with E-state index in [1.54, 1.807) is 0 Å². The van der Waals surface area contributed by atoms with Crippen molar-refractivity contribution in [2.45, 2.75) is 53.1 Å². The highest BCUT2D eigenvalue weighted by Gasteiger charge is 2.35. The Labute approximate surface area is 76.2 Å². The van der Waals surface area contributed by atoms with Gasteiger partial charge in [-0.05, 0) is 30.1 Å². The highest BCUT2D eigenvalue weighted by atomic mass is 16.3. The van der Waals surface area contributed by atoms with Gasteiger partial charge in [-0.15, -0.1) is 0 Å². The highest BCUT2D eigenvalue weighted by Crippen LogP contribution is 2.41. The fraction of sp³-hybridized carbons (Fsp3) is 1.00. The molecular weight excluding hydrogens is 148 g/mol. The minimum Gasteiger partial charge on any atom is -0.393 e. The molecule has 1 nitrogen and oxygen atoms in total. The lowest BCUT2D eigenvalue weighted by atomic mass is 9.66. The van der Waals surface area contributed by atoms with E-state index in [-0.39, 0.29) is 6.10 Å². The number of hydrogen-bond acceptors (Lipinski definition) is 1. The second-order valence-corrected chi connectivity index (χ2v) is 5.33. The summed E-state index contributed by atoms with van der Waals surface area (Å²) >= 11 is 0. The molecule has 0 radical (unpaired) electrons. The van der Waals surface area contributed by atoms with E-state index in [4.69, 9.17) is 0 Å². The average Bonchev–Trinajstić information content (AvgIpc) is 1.92. The molecule has 1 aliphatic carbocycles. The fourth-order valence-corrected chi connectivity index (χ4v) is 2.56. The Hall–Kier alpha value is -0.0400. The van der Waals surface area contributed by atoms with Crippen LogP contribution in [-0.2, 0) is 0 Å². The molecule has 0 aromatic carbocycles. The Morgan fingerprint density at radius 1 is 1.17 bits per heavy atom. The second kappa shape index (κ2) is 3.37. The molecule has 0 aliphatic heterocycles. The topological polar surface area (TPSA) is 20.2 Å². The molecule has 0 aromatic rings.